The molecule has 0 fully saturated rings. The summed E-state index contributed by atoms with van der Waals surface area (Å²) in [5.74, 6) is -1.01. The van der Waals surface area contributed by atoms with Gasteiger partial charge < -0.3 is 14.8 Å². The number of esters is 1. The number of halogens is 4. The van der Waals surface area contributed by atoms with Crippen molar-refractivity contribution in [3.05, 3.63) is 58.6 Å². The maximum Gasteiger partial charge on any atom is 0.418 e. The summed E-state index contributed by atoms with van der Waals surface area (Å²) in [6.07, 6.45) is -4.67. The van der Waals surface area contributed by atoms with Gasteiger partial charge in [-0.3, -0.25) is 4.79 Å². The molecule has 2 rings (SSSR count). The number of carbonyl (C=O) groups excluding carboxylic acids is 2. The first-order valence-corrected chi connectivity index (χ1v) is 8.15. The number of nitrogens with one attached hydrogen (secondary N) is 1. The number of carbonyl (C=O) groups is 2. The zero-order valence-corrected chi connectivity index (χ0v) is 14.9. The second kappa shape index (κ2) is 8.77. The predicted molar refractivity (Wildman–Crippen MR) is 93.0 cm³/mol. The molecule has 0 aliphatic rings. The van der Waals surface area contributed by atoms with Crippen molar-refractivity contribution < 1.29 is 32.2 Å². The molecule has 0 aromatic heterocycles. The molecule has 0 aliphatic heterocycles. The maximum atomic E-state index is 13.0. The molecule has 0 heterocycles. The standard InChI is InChI=1S/C18H15ClF3NO4/c1-2-26-17(25)11-3-6-13(7-4-11)27-10-16(24)23-15-8-5-12(19)9-14(15)18(20,21)22/h3-9H,2,10H2,1H3,(H,23,24). The summed E-state index contributed by atoms with van der Waals surface area (Å²) in [6.45, 7) is 1.40. The van der Waals surface area contributed by atoms with Crippen molar-refractivity contribution in [3.63, 3.8) is 0 Å². The van der Waals surface area contributed by atoms with Gasteiger partial charge in [-0.15, -0.1) is 0 Å². The van der Waals surface area contributed by atoms with Crippen LogP contribution < -0.4 is 10.1 Å². The average molecular weight is 402 g/mol. The van der Waals surface area contributed by atoms with Crippen LogP contribution >= 0.6 is 11.6 Å². The van der Waals surface area contributed by atoms with Crippen LogP contribution in [0, 0.1) is 0 Å². The van der Waals surface area contributed by atoms with Gasteiger partial charge in [-0.05, 0) is 49.4 Å². The number of amides is 1. The van der Waals surface area contributed by atoms with Crippen LogP contribution in [0.2, 0.25) is 5.02 Å². The van der Waals surface area contributed by atoms with Crippen molar-refractivity contribution in [2.24, 2.45) is 0 Å². The van der Waals surface area contributed by atoms with E-state index in [9.17, 15) is 22.8 Å². The Bertz CT molecular complexity index is 822. The molecule has 0 saturated carbocycles. The summed E-state index contributed by atoms with van der Waals surface area (Å²) >= 11 is 5.59. The van der Waals surface area contributed by atoms with Crippen molar-refractivity contribution in [1.82, 2.24) is 0 Å². The fraction of sp³-hybridized carbons (Fsp3) is 0.222. The Hall–Kier alpha value is -2.74. The lowest BCUT2D eigenvalue weighted by atomic mass is 10.1. The minimum Gasteiger partial charge on any atom is -0.484 e. The molecule has 2 aromatic rings. The molecular formula is C18H15ClF3NO4. The lowest BCUT2D eigenvalue weighted by molar-refractivity contribution is -0.137. The summed E-state index contributed by atoms with van der Waals surface area (Å²) in [5, 5.41) is 2.05. The zero-order chi connectivity index (χ0) is 20.0. The molecule has 1 amide bonds. The quantitative estimate of drug-likeness (QED) is 0.721. The van der Waals surface area contributed by atoms with E-state index in [0.717, 1.165) is 12.1 Å². The summed E-state index contributed by atoms with van der Waals surface area (Å²) in [6, 6.07) is 8.83. The third-order valence-electron chi connectivity index (χ3n) is 3.30. The van der Waals surface area contributed by atoms with E-state index in [2.05, 4.69) is 5.32 Å². The molecule has 2 aromatic carbocycles. The van der Waals surface area contributed by atoms with Crippen molar-refractivity contribution >= 4 is 29.2 Å². The third-order valence-corrected chi connectivity index (χ3v) is 3.53. The van der Waals surface area contributed by atoms with Crippen LogP contribution in [0.15, 0.2) is 42.5 Å². The molecule has 0 spiro atoms. The lowest BCUT2D eigenvalue weighted by Gasteiger charge is -2.14. The largest absolute Gasteiger partial charge is 0.484 e. The van der Waals surface area contributed by atoms with Gasteiger partial charge in [-0.25, -0.2) is 4.79 Å². The minimum atomic E-state index is -4.67. The van der Waals surface area contributed by atoms with Gasteiger partial charge in [-0.2, -0.15) is 13.2 Å². The Morgan fingerprint density at radius 1 is 1.11 bits per heavy atom. The van der Waals surface area contributed by atoms with E-state index in [0.29, 0.717) is 5.56 Å². The van der Waals surface area contributed by atoms with Gasteiger partial charge in [0.15, 0.2) is 6.61 Å². The smallest absolute Gasteiger partial charge is 0.418 e. The SMILES string of the molecule is CCOC(=O)c1ccc(OCC(=O)Nc2ccc(Cl)cc2C(F)(F)F)cc1. The maximum absolute atomic E-state index is 13.0. The van der Waals surface area contributed by atoms with Crippen molar-refractivity contribution in [1.29, 1.82) is 0 Å². The second-order valence-corrected chi connectivity index (χ2v) is 5.71. The van der Waals surface area contributed by atoms with E-state index in [1.54, 1.807) is 6.92 Å². The molecule has 5 nitrogen and oxygen atoms in total. The number of anilines is 1. The Labute approximate surface area is 158 Å². The summed E-state index contributed by atoms with van der Waals surface area (Å²) in [4.78, 5) is 23.4. The minimum absolute atomic E-state index is 0.0988. The van der Waals surface area contributed by atoms with Crippen LogP contribution in [-0.2, 0) is 15.7 Å². The van der Waals surface area contributed by atoms with Gasteiger partial charge in [0.25, 0.3) is 5.91 Å². The van der Waals surface area contributed by atoms with Crippen molar-refractivity contribution in [2.75, 3.05) is 18.5 Å². The van der Waals surface area contributed by atoms with Gasteiger partial charge in [-0.1, -0.05) is 11.6 Å². The van der Waals surface area contributed by atoms with E-state index in [1.807, 2.05) is 0 Å². The number of ether oxygens (including phenoxy) is 2. The summed E-state index contributed by atoms with van der Waals surface area (Å²) in [7, 11) is 0. The zero-order valence-electron chi connectivity index (χ0n) is 14.1. The van der Waals surface area contributed by atoms with Crippen LogP contribution in [-0.4, -0.2) is 25.1 Å². The highest BCUT2D eigenvalue weighted by molar-refractivity contribution is 6.30. The Kier molecular flexibility index (Phi) is 6.68. The van der Waals surface area contributed by atoms with E-state index >= 15 is 0 Å². The van der Waals surface area contributed by atoms with E-state index in [-0.39, 0.29) is 17.4 Å². The molecule has 144 valence electrons. The molecule has 1 N–H and O–H groups in total. The van der Waals surface area contributed by atoms with Crippen molar-refractivity contribution in [2.45, 2.75) is 13.1 Å². The topological polar surface area (TPSA) is 64.6 Å². The summed E-state index contributed by atoms with van der Waals surface area (Å²) < 4.78 is 49.1. The van der Waals surface area contributed by atoms with Crippen LogP contribution in [0.3, 0.4) is 0 Å². The van der Waals surface area contributed by atoms with E-state index in [1.165, 1.54) is 30.3 Å². The highest BCUT2D eigenvalue weighted by Gasteiger charge is 2.34. The Morgan fingerprint density at radius 2 is 1.78 bits per heavy atom. The van der Waals surface area contributed by atoms with Crippen LogP contribution in [0.25, 0.3) is 0 Å². The highest BCUT2D eigenvalue weighted by atomic mass is 35.5. The first-order chi connectivity index (χ1) is 12.7. The number of hydrogen-bond donors (Lipinski definition) is 1. The first-order valence-electron chi connectivity index (χ1n) is 7.77. The van der Waals surface area contributed by atoms with Gasteiger partial charge >= 0.3 is 12.1 Å². The predicted octanol–water partition coefficient (Wildman–Crippen LogP) is 4.55. The van der Waals surface area contributed by atoms with Crippen molar-refractivity contribution in [3.8, 4) is 5.75 Å². The Morgan fingerprint density at radius 3 is 2.37 bits per heavy atom. The highest BCUT2D eigenvalue weighted by Crippen LogP contribution is 2.36. The van der Waals surface area contributed by atoms with Crippen LogP contribution in [0.5, 0.6) is 5.75 Å². The molecular weight excluding hydrogens is 387 g/mol. The lowest BCUT2D eigenvalue weighted by Crippen LogP contribution is -2.22. The molecule has 0 saturated heterocycles. The third kappa shape index (κ3) is 5.89. The number of benzene rings is 2. The fourth-order valence-corrected chi connectivity index (χ4v) is 2.27. The molecule has 0 atom stereocenters. The van der Waals surface area contributed by atoms with E-state index in [4.69, 9.17) is 21.1 Å². The van der Waals surface area contributed by atoms with E-state index < -0.39 is 35.9 Å². The molecule has 0 radical (unpaired) electrons. The normalized spacial score (nSPS) is 11.0. The number of rotatable bonds is 6. The number of alkyl halides is 3. The fourth-order valence-electron chi connectivity index (χ4n) is 2.10. The summed E-state index contributed by atoms with van der Waals surface area (Å²) in [5.41, 5.74) is -1.16. The second-order valence-electron chi connectivity index (χ2n) is 5.27. The van der Waals surface area contributed by atoms with Gasteiger partial charge in [0.05, 0.1) is 23.4 Å². The molecule has 0 unspecified atom stereocenters. The Balaban J connectivity index is 1.98. The molecule has 0 aliphatic carbocycles. The number of hydrogen-bond acceptors (Lipinski definition) is 4. The van der Waals surface area contributed by atoms with Gasteiger partial charge in [0, 0.05) is 5.02 Å². The van der Waals surface area contributed by atoms with Gasteiger partial charge in [0.1, 0.15) is 5.75 Å². The van der Waals surface area contributed by atoms with Crippen LogP contribution in [0.1, 0.15) is 22.8 Å². The molecule has 27 heavy (non-hydrogen) atoms. The first kappa shape index (κ1) is 20.6. The van der Waals surface area contributed by atoms with Gasteiger partial charge in [0.2, 0.25) is 0 Å². The van der Waals surface area contributed by atoms with Crippen LogP contribution in [0.4, 0.5) is 18.9 Å². The molecule has 9 heteroatoms. The average Bonchev–Trinajstić information content (AvgIpc) is 2.61. The monoisotopic (exact) mass is 401 g/mol. The molecule has 0 bridgehead atoms.